The number of ether oxygens (including phenoxy) is 1. The van der Waals surface area contributed by atoms with Gasteiger partial charge in [-0.3, -0.25) is 19.2 Å². The van der Waals surface area contributed by atoms with Crippen LogP contribution >= 0.6 is 0 Å². The largest absolute Gasteiger partial charge is 0.484 e. The number of carbonyl (C=O) groups excluding carboxylic acids is 4. The number of nitrogens with zero attached hydrogens (tertiary/aromatic N) is 1. The predicted octanol–water partition coefficient (Wildman–Crippen LogP) is 2.00. The number of hydrogen-bond acceptors (Lipinski definition) is 5. The molecule has 1 heterocycles. The van der Waals surface area contributed by atoms with Crippen molar-refractivity contribution >= 4 is 23.6 Å². The van der Waals surface area contributed by atoms with Crippen LogP contribution in [0, 0.1) is 0 Å². The van der Waals surface area contributed by atoms with Crippen molar-refractivity contribution in [2.75, 3.05) is 13.2 Å². The summed E-state index contributed by atoms with van der Waals surface area (Å²) in [7, 11) is 0. The Morgan fingerprint density at radius 1 is 0.886 bits per heavy atom. The minimum atomic E-state index is -0.618. The molecule has 35 heavy (non-hydrogen) atoms. The molecule has 0 spiro atoms. The molecule has 0 bridgehead atoms. The monoisotopic (exact) mass is 480 g/mol. The lowest BCUT2D eigenvalue weighted by atomic mass is 9.97. The second-order valence-corrected chi connectivity index (χ2v) is 8.77. The van der Waals surface area contributed by atoms with Gasteiger partial charge in [-0.05, 0) is 75.1 Å². The van der Waals surface area contributed by atoms with E-state index in [0.717, 1.165) is 24.8 Å². The second-order valence-electron chi connectivity index (χ2n) is 8.77. The highest BCUT2D eigenvalue weighted by molar-refractivity contribution is 5.96. The molecule has 1 aliphatic heterocycles. The SMILES string of the molecule is CC1CCCC(C)N1C(=O)COc1ccc(C(=O)NCc2ccc(C(=O)NCC(N)=O)cc2)cc1. The van der Waals surface area contributed by atoms with Gasteiger partial charge in [0.1, 0.15) is 5.75 Å². The van der Waals surface area contributed by atoms with Gasteiger partial charge < -0.3 is 26.0 Å². The van der Waals surface area contributed by atoms with Crippen molar-refractivity contribution in [3.05, 3.63) is 65.2 Å². The van der Waals surface area contributed by atoms with E-state index in [0.29, 0.717) is 16.9 Å². The first kappa shape index (κ1) is 25.7. The maximum atomic E-state index is 12.6. The van der Waals surface area contributed by atoms with Crippen LogP contribution in [0.2, 0.25) is 0 Å². The summed E-state index contributed by atoms with van der Waals surface area (Å²) < 4.78 is 5.66. The van der Waals surface area contributed by atoms with E-state index in [2.05, 4.69) is 24.5 Å². The highest BCUT2D eigenvalue weighted by Gasteiger charge is 2.29. The van der Waals surface area contributed by atoms with Gasteiger partial charge in [0.2, 0.25) is 5.91 Å². The van der Waals surface area contributed by atoms with Crippen LogP contribution in [-0.4, -0.2) is 53.8 Å². The van der Waals surface area contributed by atoms with Gasteiger partial charge in [-0.1, -0.05) is 12.1 Å². The van der Waals surface area contributed by atoms with Gasteiger partial charge in [0, 0.05) is 29.8 Å². The van der Waals surface area contributed by atoms with Crippen molar-refractivity contribution < 1.29 is 23.9 Å². The topological polar surface area (TPSA) is 131 Å². The Labute approximate surface area is 205 Å². The molecule has 0 aromatic heterocycles. The Balaban J connectivity index is 1.46. The van der Waals surface area contributed by atoms with Crippen LogP contribution in [0.15, 0.2) is 48.5 Å². The summed E-state index contributed by atoms with van der Waals surface area (Å²) >= 11 is 0. The minimum Gasteiger partial charge on any atom is -0.484 e. The average molecular weight is 481 g/mol. The summed E-state index contributed by atoms with van der Waals surface area (Å²) in [5, 5.41) is 5.24. The third-order valence-corrected chi connectivity index (χ3v) is 6.05. The van der Waals surface area contributed by atoms with Gasteiger partial charge in [0.05, 0.1) is 6.54 Å². The van der Waals surface area contributed by atoms with Crippen LogP contribution in [0.5, 0.6) is 5.75 Å². The molecule has 9 nitrogen and oxygen atoms in total. The lowest BCUT2D eigenvalue weighted by Gasteiger charge is -2.38. The molecule has 0 radical (unpaired) electrons. The van der Waals surface area contributed by atoms with E-state index >= 15 is 0 Å². The summed E-state index contributed by atoms with van der Waals surface area (Å²) in [5.41, 5.74) is 6.68. The Hall–Kier alpha value is -3.88. The van der Waals surface area contributed by atoms with Crippen molar-refractivity contribution in [3.8, 4) is 5.75 Å². The number of benzene rings is 2. The molecule has 2 atom stereocenters. The van der Waals surface area contributed by atoms with Crippen molar-refractivity contribution in [2.24, 2.45) is 5.73 Å². The van der Waals surface area contributed by atoms with E-state index in [1.165, 1.54) is 0 Å². The Morgan fingerprint density at radius 3 is 2.00 bits per heavy atom. The van der Waals surface area contributed by atoms with Crippen LogP contribution in [0.4, 0.5) is 0 Å². The van der Waals surface area contributed by atoms with E-state index in [1.807, 2.05) is 4.90 Å². The zero-order chi connectivity index (χ0) is 25.4. The van der Waals surface area contributed by atoms with E-state index in [-0.39, 0.29) is 43.6 Å². The molecule has 0 saturated carbocycles. The van der Waals surface area contributed by atoms with Gasteiger partial charge in [0.15, 0.2) is 6.61 Å². The van der Waals surface area contributed by atoms with Crippen molar-refractivity contribution in [2.45, 2.75) is 51.7 Å². The zero-order valence-corrected chi connectivity index (χ0v) is 20.1. The van der Waals surface area contributed by atoms with Crippen LogP contribution in [0.25, 0.3) is 0 Å². The Bertz CT molecular complexity index is 1040. The lowest BCUT2D eigenvalue weighted by molar-refractivity contribution is -0.139. The number of nitrogens with one attached hydrogen (secondary N) is 2. The smallest absolute Gasteiger partial charge is 0.260 e. The molecule has 2 aromatic rings. The van der Waals surface area contributed by atoms with Crippen molar-refractivity contribution in [1.29, 1.82) is 0 Å². The van der Waals surface area contributed by atoms with E-state index in [9.17, 15) is 19.2 Å². The molecule has 1 aliphatic rings. The predicted molar refractivity (Wildman–Crippen MR) is 131 cm³/mol. The fraction of sp³-hybridized carbons (Fsp3) is 0.385. The third kappa shape index (κ3) is 7.30. The molecule has 186 valence electrons. The fourth-order valence-corrected chi connectivity index (χ4v) is 4.16. The Kier molecular flexibility index (Phi) is 8.83. The summed E-state index contributed by atoms with van der Waals surface area (Å²) in [6.45, 7) is 4.16. The molecule has 0 aliphatic carbocycles. The van der Waals surface area contributed by atoms with E-state index < -0.39 is 11.8 Å². The van der Waals surface area contributed by atoms with Gasteiger partial charge in [-0.2, -0.15) is 0 Å². The molecule has 1 saturated heterocycles. The van der Waals surface area contributed by atoms with Crippen molar-refractivity contribution in [1.82, 2.24) is 15.5 Å². The summed E-state index contributed by atoms with van der Waals surface area (Å²) in [6, 6.07) is 13.7. The molecule has 4 amide bonds. The van der Waals surface area contributed by atoms with E-state index in [1.54, 1.807) is 48.5 Å². The molecule has 2 aromatic carbocycles. The Morgan fingerprint density at radius 2 is 1.43 bits per heavy atom. The third-order valence-electron chi connectivity index (χ3n) is 6.05. The molecule has 2 unspecified atom stereocenters. The van der Waals surface area contributed by atoms with Crippen LogP contribution in [-0.2, 0) is 16.1 Å². The standard InChI is InChI=1S/C26H32N4O5/c1-17-4-3-5-18(2)30(17)24(32)16-35-22-12-10-21(11-13-22)25(33)28-14-19-6-8-20(9-7-19)26(34)29-15-23(27)31/h6-13,17-18H,3-5,14-16H2,1-2H3,(H2,27,31)(H,28,33)(H,29,34). The first-order chi connectivity index (χ1) is 16.7. The number of hydrogen-bond donors (Lipinski definition) is 3. The van der Waals surface area contributed by atoms with Crippen LogP contribution in [0.3, 0.4) is 0 Å². The number of amides is 4. The first-order valence-electron chi connectivity index (χ1n) is 11.7. The summed E-state index contributed by atoms with van der Waals surface area (Å²) in [5.74, 6) is -0.775. The normalized spacial score (nSPS) is 17.4. The molecule has 4 N–H and O–H groups in total. The number of carbonyl (C=O) groups is 4. The maximum absolute atomic E-state index is 12.6. The molecule has 9 heteroatoms. The maximum Gasteiger partial charge on any atom is 0.260 e. The zero-order valence-electron chi connectivity index (χ0n) is 20.1. The van der Waals surface area contributed by atoms with Crippen LogP contribution in [0.1, 0.15) is 59.4 Å². The fourth-order valence-electron chi connectivity index (χ4n) is 4.16. The average Bonchev–Trinajstić information content (AvgIpc) is 2.85. The molecule has 1 fully saturated rings. The quantitative estimate of drug-likeness (QED) is 0.505. The van der Waals surface area contributed by atoms with Gasteiger partial charge in [-0.25, -0.2) is 0 Å². The van der Waals surface area contributed by atoms with Crippen LogP contribution < -0.4 is 21.1 Å². The number of likely N-dealkylation sites (tertiary alicyclic amines) is 1. The summed E-state index contributed by atoms with van der Waals surface area (Å²) in [6.07, 6.45) is 3.16. The highest BCUT2D eigenvalue weighted by atomic mass is 16.5. The number of rotatable bonds is 9. The molecule has 3 rings (SSSR count). The van der Waals surface area contributed by atoms with E-state index in [4.69, 9.17) is 10.5 Å². The lowest BCUT2D eigenvalue weighted by Crippen LogP contribution is -2.49. The van der Waals surface area contributed by atoms with Gasteiger partial charge >= 0.3 is 0 Å². The number of piperidine rings is 1. The minimum absolute atomic E-state index is 0.0251. The number of nitrogens with two attached hydrogens (primary N) is 1. The highest BCUT2D eigenvalue weighted by Crippen LogP contribution is 2.23. The summed E-state index contributed by atoms with van der Waals surface area (Å²) in [4.78, 5) is 49.7. The van der Waals surface area contributed by atoms with Gasteiger partial charge in [-0.15, -0.1) is 0 Å². The first-order valence-corrected chi connectivity index (χ1v) is 11.7. The molecular weight excluding hydrogens is 448 g/mol. The second kappa shape index (κ2) is 12.0. The number of primary amides is 1. The van der Waals surface area contributed by atoms with Crippen molar-refractivity contribution in [3.63, 3.8) is 0 Å². The van der Waals surface area contributed by atoms with Gasteiger partial charge in [0.25, 0.3) is 17.7 Å². The molecular formula is C26H32N4O5.